The molecule has 3 aromatic rings. The van der Waals surface area contributed by atoms with Crippen LogP contribution in [0.15, 0.2) is 59.4 Å². The molecule has 94 valence electrons. The summed E-state index contributed by atoms with van der Waals surface area (Å²) in [6.45, 7) is 2.11. The predicted octanol–water partition coefficient (Wildman–Crippen LogP) is 3.76. The van der Waals surface area contributed by atoms with Crippen LogP contribution >= 0.6 is 0 Å². The van der Waals surface area contributed by atoms with Crippen LogP contribution in [0.3, 0.4) is 0 Å². The Morgan fingerprint density at radius 2 is 1.74 bits per heavy atom. The van der Waals surface area contributed by atoms with Crippen LogP contribution in [0, 0.1) is 0 Å². The number of hydrogen-bond acceptors (Lipinski definition) is 1. The Balaban J connectivity index is 2.33. The maximum absolute atomic E-state index is 12.2. The highest BCUT2D eigenvalue weighted by atomic mass is 16.1. The highest BCUT2D eigenvalue weighted by Gasteiger charge is 2.06. The molecule has 0 aliphatic carbocycles. The van der Waals surface area contributed by atoms with Crippen LogP contribution in [0.1, 0.15) is 12.5 Å². The summed E-state index contributed by atoms with van der Waals surface area (Å²) in [6.07, 6.45) is 0.926. The Morgan fingerprint density at radius 1 is 0.947 bits per heavy atom. The van der Waals surface area contributed by atoms with Gasteiger partial charge in [0, 0.05) is 11.1 Å². The van der Waals surface area contributed by atoms with Crippen LogP contribution in [0.5, 0.6) is 0 Å². The SMILES string of the molecule is CCc1cccc2c(=O)[nH]c(-c3ccccc3)cc12. The highest BCUT2D eigenvalue weighted by Crippen LogP contribution is 2.22. The van der Waals surface area contributed by atoms with Gasteiger partial charge < -0.3 is 4.98 Å². The summed E-state index contributed by atoms with van der Waals surface area (Å²) in [4.78, 5) is 15.1. The van der Waals surface area contributed by atoms with Crippen molar-refractivity contribution in [2.75, 3.05) is 0 Å². The van der Waals surface area contributed by atoms with Gasteiger partial charge in [-0.25, -0.2) is 0 Å². The van der Waals surface area contributed by atoms with Crippen molar-refractivity contribution in [2.45, 2.75) is 13.3 Å². The smallest absolute Gasteiger partial charge is 0.256 e. The molecule has 19 heavy (non-hydrogen) atoms. The Hall–Kier alpha value is -2.35. The van der Waals surface area contributed by atoms with Gasteiger partial charge in [0.15, 0.2) is 0 Å². The summed E-state index contributed by atoms with van der Waals surface area (Å²) in [5.41, 5.74) is 3.10. The van der Waals surface area contributed by atoms with Crippen LogP contribution in [0.25, 0.3) is 22.0 Å². The first-order chi connectivity index (χ1) is 9.29. The van der Waals surface area contributed by atoms with Crippen molar-refractivity contribution in [2.24, 2.45) is 0 Å². The van der Waals surface area contributed by atoms with Gasteiger partial charge in [-0.05, 0) is 35.1 Å². The monoisotopic (exact) mass is 249 g/mol. The van der Waals surface area contributed by atoms with E-state index in [4.69, 9.17) is 0 Å². The zero-order chi connectivity index (χ0) is 13.2. The fourth-order valence-electron chi connectivity index (χ4n) is 2.43. The van der Waals surface area contributed by atoms with E-state index in [1.165, 1.54) is 5.56 Å². The van der Waals surface area contributed by atoms with Gasteiger partial charge in [-0.15, -0.1) is 0 Å². The van der Waals surface area contributed by atoms with E-state index in [-0.39, 0.29) is 5.56 Å². The number of rotatable bonds is 2. The molecule has 0 radical (unpaired) electrons. The minimum Gasteiger partial charge on any atom is -0.321 e. The van der Waals surface area contributed by atoms with E-state index in [1.807, 2.05) is 42.5 Å². The molecule has 0 saturated heterocycles. The third-order valence-corrected chi connectivity index (χ3v) is 3.44. The molecule has 1 N–H and O–H groups in total. The van der Waals surface area contributed by atoms with Crippen molar-refractivity contribution in [1.29, 1.82) is 0 Å². The quantitative estimate of drug-likeness (QED) is 0.737. The Bertz CT molecular complexity index is 772. The number of fused-ring (bicyclic) bond motifs is 1. The van der Waals surface area contributed by atoms with Gasteiger partial charge in [0.2, 0.25) is 0 Å². The summed E-state index contributed by atoms with van der Waals surface area (Å²) in [6, 6.07) is 17.9. The zero-order valence-corrected chi connectivity index (χ0v) is 10.8. The number of pyridine rings is 1. The summed E-state index contributed by atoms with van der Waals surface area (Å²) < 4.78 is 0. The zero-order valence-electron chi connectivity index (χ0n) is 10.8. The van der Waals surface area contributed by atoms with Crippen LogP contribution in [0.4, 0.5) is 0 Å². The molecule has 1 aromatic heterocycles. The fourth-order valence-corrected chi connectivity index (χ4v) is 2.43. The normalized spacial score (nSPS) is 10.8. The first-order valence-electron chi connectivity index (χ1n) is 6.50. The fraction of sp³-hybridized carbons (Fsp3) is 0.118. The molecule has 0 unspecified atom stereocenters. The van der Waals surface area contributed by atoms with Gasteiger partial charge in [-0.3, -0.25) is 4.79 Å². The van der Waals surface area contributed by atoms with Crippen LogP contribution in [-0.2, 0) is 6.42 Å². The Kier molecular flexibility index (Phi) is 2.92. The van der Waals surface area contributed by atoms with E-state index in [1.54, 1.807) is 0 Å². The van der Waals surface area contributed by atoms with E-state index in [0.717, 1.165) is 28.5 Å². The average molecular weight is 249 g/mol. The predicted molar refractivity (Wildman–Crippen MR) is 79.4 cm³/mol. The first-order valence-corrected chi connectivity index (χ1v) is 6.50. The largest absolute Gasteiger partial charge is 0.321 e. The third-order valence-electron chi connectivity index (χ3n) is 3.44. The number of H-pyrrole nitrogens is 1. The van der Waals surface area contributed by atoms with E-state index in [9.17, 15) is 4.79 Å². The van der Waals surface area contributed by atoms with Gasteiger partial charge in [0.25, 0.3) is 5.56 Å². The maximum atomic E-state index is 12.2. The molecule has 0 aliphatic heterocycles. The number of hydrogen-bond donors (Lipinski definition) is 1. The molecule has 2 heteroatoms. The second-order valence-electron chi connectivity index (χ2n) is 4.61. The van der Waals surface area contributed by atoms with Gasteiger partial charge in [0.1, 0.15) is 0 Å². The average Bonchev–Trinajstić information content (AvgIpc) is 2.47. The van der Waals surface area contributed by atoms with Gasteiger partial charge in [-0.1, -0.05) is 49.4 Å². The minimum atomic E-state index is -0.0216. The lowest BCUT2D eigenvalue weighted by molar-refractivity contribution is 1.15. The molecule has 0 bridgehead atoms. The summed E-state index contributed by atoms with van der Waals surface area (Å²) in [5.74, 6) is 0. The molecular weight excluding hydrogens is 234 g/mol. The van der Waals surface area contributed by atoms with Gasteiger partial charge in [0.05, 0.1) is 0 Å². The van der Waals surface area contributed by atoms with Crippen molar-refractivity contribution >= 4 is 10.8 Å². The standard InChI is InChI=1S/C17H15NO/c1-2-12-9-6-10-14-15(12)11-16(18-17(14)19)13-7-4-3-5-8-13/h3-11H,2H2,1H3,(H,18,19). The molecule has 0 aliphatic rings. The number of aromatic amines is 1. The lowest BCUT2D eigenvalue weighted by atomic mass is 10.0. The Labute approximate surface area is 111 Å². The van der Waals surface area contributed by atoms with Crippen LogP contribution in [0.2, 0.25) is 0 Å². The molecular formula is C17H15NO. The van der Waals surface area contributed by atoms with Crippen LogP contribution in [-0.4, -0.2) is 4.98 Å². The minimum absolute atomic E-state index is 0.0216. The molecule has 3 rings (SSSR count). The van der Waals surface area contributed by atoms with E-state index < -0.39 is 0 Å². The van der Waals surface area contributed by atoms with Crippen molar-refractivity contribution in [3.8, 4) is 11.3 Å². The molecule has 0 amide bonds. The summed E-state index contributed by atoms with van der Waals surface area (Å²) in [5, 5.41) is 1.81. The van der Waals surface area contributed by atoms with Gasteiger partial charge in [-0.2, -0.15) is 0 Å². The second-order valence-corrected chi connectivity index (χ2v) is 4.61. The number of nitrogens with one attached hydrogen (secondary N) is 1. The molecule has 2 aromatic carbocycles. The lowest BCUT2D eigenvalue weighted by Crippen LogP contribution is -2.08. The lowest BCUT2D eigenvalue weighted by Gasteiger charge is -2.07. The third kappa shape index (κ3) is 2.06. The molecule has 0 atom stereocenters. The topological polar surface area (TPSA) is 32.9 Å². The van der Waals surface area contributed by atoms with Gasteiger partial charge >= 0.3 is 0 Å². The molecule has 0 spiro atoms. The summed E-state index contributed by atoms with van der Waals surface area (Å²) in [7, 11) is 0. The molecule has 0 fully saturated rings. The molecule has 1 heterocycles. The molecule has 2 nitrogen and oxygen atoms in total. The van der Waals surface area contributed by atoms with E-state index in [0.29, 0.717) is 0 Å². The number of aryl methyl sites for hydroxylation is 1. The van der Waals surface area contributed by atoms with Crippen molar-refractivity contribution in [3.63, 3.8) is 0 Å². The van der Waals surface area contributed by atoms with Crippen molar-refractivity contribution in [3.05, 3.63) is 70.5 Å². The highest BCUT2D eigenvalue weighted by molar-refractivity contribution is 5.88. The molecule has 0 saturated carbocycles. The van der Waals surface area contributed by atoms with Crippen molar-refractivity contribution in [1.82, 2.24) is 4.98 Å². The number of aromatic nitrogens is 1. The van der Waals surface area contributed by atoms with E-state index >= 15 is 0 Å². The van der Waals surface area contributed by atoms with Crippen molar-refractivity contribution < 1.29 is 0 Å². The summed E-state index contributed by atoms with van der Waals surface area (Å²) >= 11 is 0. The Morgan fingerprint density at radius 3 is 2.47 bits per heavy atom. The second kappa shape index (κ2) is 4.73. The maximum Gasteiger partial charge on any atom is 0.256 e. The van der Waals surface area contributed by atoms with E-state index in [2.05, 4.69) is 24.0 Å². The number of benzene rings is 2. The van der Waals surface area contributed by atoms with Crippen LogP contribution < -0.4 is 5.56 Å². The first kappa shape index (κ1) is 11.7.